The third kappa shape index (κ3) is 4.58. The van der Waals surface area contributed by atoms with E-state index in [1.165, 1.54) is 0 Å². The molecule has 1 rings (SSSR count). The largest absolute Gasteiger partial charge is 0.479 e. The Hall–Kier alpha value is -1.33. The van der Waals surface area contributed by atoms with Crippen LogP contribution in [0, 0.1) is 10.8 Å². The van der Waals surface area contributed by atoms with Gasteiger partial charge in [-0.2, -0.15) is 0 Å². The van der Waals surface area contributed by atoms with Crippen LogP contribution in [0.3, 0.4) is 0 Å². The lowest BCUT2D eigenvalue weighted by Crippen LogP contribution is -2.60. The van der Waals surface area contributed by atoms with Crippen LogP contribution in [0.15, 0.2) is 5.29 Å². The van der Waals surface area contributed by atoms with Crippen LogP contribution in [-0.2, 0) is 14.3 Å². The van der Waals surface area contributed by atoms with Crippen molar-refractivity contribution < 1.29 is 34.7 Å². The van der Waals surface area contributed by atoms with Crippen LogP contribution < -0.4 is 0 Å². The molecule has 10 heteroatoms. The minimum atomic E-state index is -1.78. The van der Waals surface area contributed by atoms with Gasteiger partial charge in [-0.05, 0) is 5.92 Å². The maximum Gasteiger partial charge on any atom is 0.335 e. The van der Waals surface area contributed by atoms with E-state index in [0.29, 0.717) is 6.54 Å². The van der Waals surface area contributed by atoms with Gasteiger partial charge in [-0.15, -0.1) is 4.91 Å². The Kier molecular flexibility index (Phi) is 6.42. The lowest BCUT2D eigenvalue weighted by atomic mass is 9.99. The normalized spacial score (nSPS) is 33.0. The summed E-state index contributed by atoms with van der Waals surface area (Å²) in [6.07, 6.45) is -8.42. The van der Waals surface area contributed by atoms with Gasteiger partial charge < -0.3 is 29.9 Å². The monoisotopic (exact) mass is 308 g/mol. The molecule has 0 aromatic heterocycles. The predicted molar refractivity (Wildman–Crippen MR) is 67.6 cm³/mol. The van der Waals surface area contributed by atoms with Gasteiger partial charge in [0.25, 0.3) is 0 Å². The number of nitrogens with zero attached hydrogens (tertiary/aromatic N) is 2. The van der Waals surface area contributed by atoms with Crippen molar-refractivity contribution in [3.05, 3.63) is 4.91 Å². The predicted octanol–water partition coefficient (Wildman–Crippen LogP) is -1.51. The summed E-state index contributed by atoms with van der Waals surface area (Å²) in [5, 5.41) is 41.4. The molecule has 21 heavy (non-hydrogen) atoms. The number of aliphatic hydroxyl groups is 3. The third-order valence-corrected chi connectivity index (χ3v) is 2.89. The first-order chi connectivity index (χ1) is 9.77. The van der Waals surface area contributed by atoms with Gasteiger partial charge in [-0.25, -0.2) is 9.80 Å². The maximum absolute atomic E-state index is 10.9. The minimum absolute atomic E-state index is 0.127. The van der Waals surface area contributed by atoms with Crippen molar-refractivity contribution in [1.82, 2.24) is 5.01 Å². The molecular weight excluding hydrogens is 288 g/mol. The molecule has 0 aromatic rings. The van der Waals surface area contributed by atoms with Crippen LogP contribution in [0.5, 0.6) is 0 Å². The number of aliphatic hydroxyl groups excluding tert-OH is 3. The Labute approximate surface area is 120 Å². The number of ether oxygens (including phenoxy) is 2. The second-order valence-corrected chi connectivity index (χ2v) is 5.20. The van der Waals surface area contributed by atoms with E-state index in [-0.39, 0.29) is 12.6 Å². The molecule has 0 bridgehead atoms. The minimum Gasteiger partial charge on any atom is -0.479 e. The molecular formula is C11H20N2O8. The summed E-state index contributed by atoms with van der Waals surface area (Å²) in [5.41, 5.74) is 0. The molecule has 0 radical (unpaired) electrons. The molecule has 1 aliphatic rings. The molecule has 0 amide bonds. The summed E-state index contributed by atoms with van der Waals surface area (Å²) in [6.45, 7) is 3.65. The van der Waals surface area contributed by atoms with Crippen molar-refractivity contribution in [2.45, 2.75) is 44.6 Å². The molecule has 0 unspecified atom stereocenters. The Morgan fingerprint density at radius 3 is 2.38 bits per heavy atom. The van der Waals surface area contributed by atoms with E-state index < -0.39 is 36.7 Å². The Morgan fingerprint density at radius 2 is 1.90 bits per heavy atom. The number of hydrogen-bond acceptors (Lipinski definition) is 8. The van der Waals surface area contributed by atoms with E-state index in [1.54, 1.807) is 0 Å². The Balaban J connectivity index is 2.64. The third-order valence-electron chi connectivity index (χ3n) is 2.89. The summed E-state index contributed by atoms with van der Waals surface area (Å²) < 4.78 is 9.96. The average molecular weight is 308 g/mol. The van der Waals surface area contributed by atoms with Crippen LogP contribution >= 0.6 is 0 Å². The molecule has 0 aliphatic carbocycles. The summed E-state index contributed by atoms with van der Waals surface area (Å²) in [4.78, 5) is 21.5. The molecule has 1 fully saturated rings. The number of aliphatic carboxylic acids is 1. The second-order valence-electron chi connectivity index (χ2n) is 5.20. The highest BCUT2D eigenvalue weighted by Crippen LogP contribution is 2.22. The van der Waals surface area contributed by atoms with Crippen molar-refractivity contribution in [2.24, 2.45) is 11.2 Å². The van der Waals surface area contributed by atoms with Crippen molar-refractivity contribution in [1.29, 1.82) is 0 Å². The van der Waals surface area contributed by atoms with Crippen molar-refractivity contribution in [3.63, 3.8) is 0 Å². The van der Waals surface area contributed by atoms with Gasteiger partial charge in [0.05, 0.1) is 5.29 Å². The average Bonchev–Trinajstić information content (AvgIpc) is 2.41. The molecule has 0 spiro atoms. The second kappa shape index (κ2) is 7.61. The van der Waals surface area contributed by atoms with Crippen LogP contribution in [0.1, 0.15) is 13.8 Å². The lowest BCUT2D eigenvalue weighted by Gasteiger charge is -2.38. The molecule has 0 saturated carbocycles. The molecule has 1 heterocycles. The van der Waals surface area contributed by atoms with E-state index in [4.69, 9.17) is 14.6 Å². The smallest absolute Gasteiger partial charge is 0.335 e. The highest BCUT2D eigenvalue weighted by atomic mass is 16.7. The summed E-state index contributed by atoms with van der Waals surface area (Å²) in [6, 6.07) is 0. The highest BCUT2D eigenvalue weighted by Gasteiger charge is 2.47. The zero-order valence-electron chi connectivity index (χ0n) is 11.7. The lowest BCUT2D eigenvalue weighted by molar-refractivity contribution is -0.301. The van der Waals surface area contributed by atoms with Gasteiger partial charge >= 0.3 is 5.97 Å². The van der Waals surface area contributed by atoms with Crippen LogP contribution in [-0.4, -0.2) is 75.4 Å². The molecule has 122 valence electrons. The van der Waals surface area contributed by atoms with Crippen molar-refractivity contribution >= 4 is 5.97 Å². The van der Waals surface area contributed by atoms with Gasteiger partial charge in [0.1, 0.15) is 25.0 Å². The number of rotatable bonds is 7. The van der Waals surface area contributed by atoms with E-state index in [1.807, 2.05) is 13.8 Å². The number of carboxylic acid groups (broad SMARTS) is 1. The molecule has 0 aromatic carbocycles. The zero-order valence-corrected chi connectivity index (χ0v) is 11.7. The summed E-state index contributed by atoms with van der Waals surface area (Å²) in [5.74, 6) is -1.38. The van der Waals surface area contributed by atoms with E-state index >= 15 is 0 Å². The molecule has 5 atom stereocenters. The van der Waals surface area contributed by atoms with Crippen LogP contribution in [0.25, 0.3) is 0 Å². The van der Waals surface area contributed by atoms with E-state index in [0.717, 1.165) is 5.01 Å². The Morgan fingerprint density at radius 1 is 1.29 bits per heavy atom. The Bertz CT molecular complexity index is 366. The quantitative estimate of drug-likeness (QED) is 0.250. The fourth-order valence-corrected chi connectivity index (χ4v) is 1.88. The standard InChI is InChI=1S/C11H20N2O8/c1-5(2)3-13(12-19)4-20-11-8(16)6(14)7(15)9(21-11)10(17)18/h5-9,11,14-16H,3-4H2,1-2H3,(H,17,18)/t6-,7-,8+,9-,11+/m0/s1. The van der Waals surface area contributed by atoms with Crippen LogP contribution in [0.4, 0.5) is 0 Å². The first-order valence-electron chi connectivity index (χ1n) is 6.40. The van der Waals surface area contributed by atoms with Crippen LogP contribution in [0.2, 0.25) is 0 Å². The molecule has 4 N–H and O–H groups in total. The fourth-order valence-electron chi connectivity index (χ4n) is 1.88. The topological polar surface area (TPSA) is 149 Å². The molecule has 1 aliphatic heterocycles. The maximum atomic E-state index is 10.9. The number of carbonyl (C=O) groups is 1. The van der Waals surface area contributed by atoms with Gasteiger partial charge in [0.15, 0.2) is 12.4 Å². The number of hydrogen-bond donors (Lipinski definition) is 4. The van der Waals surface area contributed by atoms with Gasteiger partial charge in [0.2, 0.25) is 0 Å². The summed E-state index contributed by atoms with van der Waals surface area (Å²) >= 11 is 0. The van der Waals surface area contributed by atoms with Gasteiger partial charge in [-0.3, -0.25) is 0 Å². The number of carboxylic acids is 1. The SMILES string of the molecule is CC(C)CN(CO[C@@H]1O[C@H](C(=O)O)[C@@H](O)[C@H](O)[C@H]1O)N=O. The zero-order chi connectivity index (χ0) is 16.2. The first kappa shape index (κ1) is 17.7. The van der Waals surface area contributed by atoms with Crippen molar-refractivity contribution in [2.75, 3.05) is 13.3 Å². The fraction of sp³-hybridized carbons (Fsp3) is 0.909. The van der Waals surface area contributed by atoms with Gasteiger partial charge in [0, 0.05) is 6.54 Å². The molecule has 1 saturated heterocycles. The van der Waals surface area contributed by atoms with E-state index in [2.05, 4.69) is 5.29 Å². The number of nitroso groups, excluding NO2 is 1. The van der Waals surface area contributed by atoms with Gasteiger partial charge in [-0.1, -0.05) is 13.8 Å². The van der Waals surface area contributed by atoms with Crippen molar-refractivity contribution in [3.8, 4) is 0 Å². The molecule has 10 nitrogen and oxygen atoms in total. The van der Waals surface area contributed by atoms with E-state index in [9.17, 15) is 25.0 Å². The first-order valence-corrected chi connectivity index (χ1v) is 6.40. The summed E-state index contributed by atoms with van der Waals surface area (Å²) in [7, 11) is 0. The highest BCUT2D eigenvalue weighted by molar-refractivity contribution is 5.73.